The molecule has 1 saturated heterocycles. The van der Waals surface area contributed by atoms with E-state index in [1.54, 1.807) is 0 Å². The standard InChI is InChI=1S/C16H25NO/c1-7-13-9-14(17-12(5)6)10-18-16(13)15(8-2)11(3)4/h7-8,11,14,17H,2,5,9-10H2,1,3-4,6H3/b13-7-,16-15-. The van der Waals surface area contributed by atoms with Gasteiger partial charge in [0, 0.05) is 5.70 Å². The maximum atomic E-state index is 5.95. The van der Waals surface area contributed by atoms with Gasteiger partial charge in [-0.1, -0.05) is 39.2 Å². The topological polar surface area (TPSA) is 21.3 Å². The summed E-state index contributed by atoms with van der Waals surface area (Å²) in [6.07, 6.45) is 5.02. The van der Waals surface area contributed by atoms with Gasteiger partial charge in [0.2, 0.25) is 0 Å². The molecule has 0 amide bonds. The molecule has 0 saturated carbocycles. The Kier molecular flexibility index (Phi) is 5.26. The quantitative estimate of drug-likeness (QED) is 0.812. The minimum atomic E-state index is 0.315. The Bertz CT molecular complexity index is 388. The van der Waals surface area contributed by atoms with Crippen LogP contribution in [0, 0.1) is 5.92 Å². The summed E-state index contributed by atoms with van der Waals surface area (Å²) >= 11 is 0. The van der Waals surface area contributed by atoms with Crippen molar-refractivity contribution in [2.45, 2.75) is 40.2 Å². The van der Waals surface area contributed by atoms with Gasteiger partial charge in [0.25, 0.3) is 0 Å². The first-order valence-corrected chi connectivity index (χ1v) is 6.56. The lowest BCUT2D eigenvalue weighted by atomic mass is 9.93. The highest BCUT2D eigenvalue weighted by molar-refractivity contribution is 5.38. The van der Waals surface area contributed by atoms with Crippen LogP contribution in [0.15, 0.2) is 47.9 Å². The molecule has 1 unspecified atom stereocenters. The highest BCUT2D eigenvalue weighted by Crippen LogP contribution is 2.30. The van der Waals surface area contributed by atoms with E-state index in [0.29, 0.717) is 18.6 Å². The average Bonchev–Trinajstić information content (AvgIpc) is 2.30. The molecule has 18 heavy (non-hydrogen) atoms. The van der Waals surface area contributed by atoms with Crippen LogP contribution in [-0.4, -0.2) is 12.6 Å². The van der Waals surface area contributed by atoms with E-state index in [1.165, 1.54) is 11.1 Å². The summed E-state index contributed by atoms with van der Waals surface area (Å²) in [5.41, 5.74) is 3.43. The summed E-state index contributed by atoms with van der Waals surface area (Å²) < 4.78 is 5.95. The fraction of sp³-hybridized carbons (Fsp3) is 0.500. The summed E-state index contributed by atoms with van der Waals surface area (Å²) in [6.45, 7) is 16.8. The number of hydrogen-bond acceptors (Lipinski definition) is 2. The minimum absolute atomic E-state index is 0.315. The molecule has 1 fully saturated rings. The second-order valence-electron chi connectivity index (χ2n) is 5.09. The molecule has 100 valence electrons. The Morgan fingerprint density at radius 1 is 1.50 bits per heavy atom. The van der Waals surface area contributed by atoms with Crippen LogP contribution in [0.4, 0.5) is 0 Å². The van der Waals surface area contributed by atoms with Crippen LogP contribution >= 0.6 is 0 Å². The molecule has 0 radical (unpaired) electrons. The van der Waals surface area contributed by atoms with Crippen molar-refractivity contribution in [2.24, 2.45) is 5.92 Å². The van der Waals surface area contributed by atoms with Crippen molar-refractivity contribution in [1.82, 2.24) is 5.32 Å². The Hall–Kier alpha value is -1.44. The Morgan fingerprint density at radius 3 is 2.61 bits per heavy atom. The third-order valence-electron chi connectivity index (χ3n) is 3.09. The molecule has 1 heterocycles. The van der Waals surface area contributed by atoms with Gasteiger partial charge in [-0.25, -0.2) is 0 Å². The van der Waals surface area contributed by atoms with Crippen molar-refractivity contribution >= 4 is 0 Å². The zero-order chi connectivity index (χ0) is 13.7. The van der Waals surface area contributed by atoms with Gasteiger partial charge in [-0.2, -0.15) is 0 Å². The molecule has 0 spiro atoms. The van der Waals surface area contributed by atoms with Gasteiger partial charge in [0.05, 0.1) is 6.04 Å². The summed E-state index contributed by atoms with van der Waals surface area (Å²) in [7, 11) is 0. The predicted octanol–water partition coefficient (Wildman–Crippen LogP) is 3.94. The first kappa shape index (κ1) is 14.6. The van der Waals surface area contributed by atoms with Crippen molar-refractivity contribution in [3.8, 4) is 0 Å². The first-order valence-electron chi connectivity index (χ1n) is 6.56. The van der Waals surface area contributed by atoms with E-state index in [9.17, 15) is 0 Å². The van der Waals surface area contributed by atoms with Crippen LogP contribution < -0.4 is 5.32 Å². The van der Waals surface area contributed by atoms with E-state index in [4.69, 9.17) is 4.74 Å². The maximum Gasteiger partial charge on any atom is 0.125 e. The smallest absolute Gasteiger partial charge is 0.125 e. The summed E-state index contributed by atoms with van der Waals surface area (Å²) in [4.78, 5) is 0. The maximum absolute atomic E-state index is 5.95. The Morgan fingerprint density at radius 2 is 2.17 bits per heavy atom. The lowest BCUT2D eigenvalue weighted by Gasteiger charge is -2.30. The fourth-order valence-corrected chi connectivity index (χ4v) is 2.24. The molecule has 2 nitrogen and oxygen atoms in total. The van der Waals surface area contributed by atoms with Gasteiger partial charge >= 0.3 is 0 Å². The van der Waals surface area contributed by atoms with Crippen molar-refractivity contribution < 1.29 is 4.74 Å². The van der Waals surface area contributed by atoms with Crippen LogP contribution in [-0.2, 0) is 4.74 Å². The SMILES string of the molecule is C=C/C(=C1/OCC(NC(=C)C)C/C1=C/C)C(C)C. The van der Waals surface area contributed by atoms with Crippen molar-refractivity contribution in [1.29, 1.82) is 0 Å². The van der Waals surface area contributed by atoms with E-state index in [2.05, 4.69) is 45.3 Å². The molecular weight excluding hydrogens is 222 g/mol. The molecule has 0 bridgehead atoms. The summed E-state index contributed by atoms with van der Waals surface area (Å²) in [5.74, 6) is 1.44. The number of rotatable bonds is 4. The normalized spacial score (nSPS) is 24.7. The van der Waals surface area contributed by atoms with Gasteiger partial charge in [-0.15, -0.1) is 0 Å². The van der Waals surface area contributed by atoms with Crippen molar-refractivity contribution in [3.05, 3.63) is 47.9 Å². The molecule has 1 aliphatic rings. The molecule has 2 heteroatoms. The summed E-state index contributed by atoms with van der Waals surface area (Å²) in [5, 5.41) is 3.34. The highest BCUT2D eigenvalue weighted by atomic mass is 16.5. The van der Waals surface area contributed by atoms with E-state index in [1.807, 2.05) is 13.0 Å². The largest absolute Gasteiger partial charge is 0.491 e. The van der Waals surface area contributed by atoms with Crippen LogP contribution in [0.2, 0.25) is 0 Å². The number of allylic oxidation sites excluding steroid dienone is 5. The monoisotopic (exact) mass is 247 g/mol. The predicted molar refractivity (Wildman–Crippen MR) is 78.1 cm³/mol. The lowest BCUT2D eigenvalue weighted by Crippen LogP contribution is -2.36. The zero-order valence-electron chi connectivity index (χ0n) is 12.0. The van der Waals surface area contributed by atoms with Gasteiger partial charge in [-0.05, 0) is 37.3 Å². The van der Waals surface area contributed by atoms with Crippen LogP contribution in [0.1, 0.15) is 34.1 Å². The highest BCUT2D eigenvalue weighted by Gasteiger charge is 2.24. The zero-order valence-corrected chi connectivity index (χ0v) is 12.0. The minimum Gasteiger partial charge on any atom is -0.491 e. The first-order chi connectivity index (χ1) is 8.49. The summed E-state index contributed by atoms with van der Waals surface area (Å²) in [6, 6.07) is 0.315. The molecule has 0 aromatic rings. The number of hydrogen-bond donors (Lipinski definition) is 1. The van der Waals surface area contributed by atoms with Crippen LogP contribution in [0.3, 0.4) is 0 Å². The third-order valence-corrected chi connectivity index (χ3v) is 3.09. The van der Waals surface area contributed by atoms with Gasteiger partial charge in [0.15, 0.2) is 0 Å². The van der Waals surface area contributed by atoms with Crippen LogP contribution in [0.25, 0.3) is 0 Å². The second-order valence-corrected chi connectivity index (χ2v) is 5.09. The molecule has 1 rings (SSSR count). The lowest BCUT2D eigenvalue weighted by molar-refractivity contribution is 0.160. The Labute approximate surface area is 111 Å². The molecular formula is C16H25NO. The fourth-order valence-electron chi connectivity index (χ4n) is 2.24. The third kappa shape index (κ3) is 3.52. The average molecular weight is 247 g/mol. The van der Waals surface area contributed by atoms with Gasteiger partial charge in [-0.3, -0.25) is 0 Å². The molecule has 1 atom stereocenters. The van der Waals surface area contributed by atoms with E-state index < -0.39 is 0 Å². The van der Waals surface area contributed by atoms with Crippen molar-refractivity contribution in [2.75, 3.05) is 6.61 Å². The van der Waals surface area contributed by atoms with E-state index >= 15 is 0 Å². The second kappa shape index (κ2) is 6.48. The van der Waals surface area contributed by atoms with Gasteiger partial charge < -0.3 is 10.1 Å². The van der Waals surface area contributed by atoms with E-state index in [-0.39, 0.29) is 0 Å². The van der Waals surface area contributed by atoms with E-state index in [0.717, 1.165) is 17.9 Å². The van der Waals surface area contributed by atoms with Gasteiger partial charge in [0.1, 0.15) is 12.4 Å². The Balaban J connectivity index is 2.94. The molecule has 1 aliphatic heterocycles. The van der Waals surface area contributed by atoms with Crippen LogP contribution in [0.5, 0.6) is 0 Å². The van der Waals surface area contributed by atoms with Crippen molar-refractivity contribution in [3.63, 3.8) is 0 Å². The molecule has 1 N–H and O–H groups in total. The molecule has 0 aromatic heterocycles. The number of ether oxygens (including phenoxy) is 1. The molecule has 0 aliphatic carbocycles. The number of nitrogens with one attached hydrogen (secondary N) is 1. The molecule has 0 aromatic carbocycles.